The molecule has 0 amide bonds. The number of nitrogens with zero attached hydrogens (tertiary/aromatic N) is 5. The minimum Gasteiger partial charge on any atom is -0.214 e. The van der Waals surface area contributed by atoms with Gasteiger partial charge in [-0.15, -0.1) is 0 Å². The highest BCUT2D eigenvalue weighted by Crippen LogP contribution is 2.40. The Morgan fingerprint density at radius 2 is 1.02 bits per heavy atom. The van der Waals surface area contributed by atoms with Gasteiger partial charge in [-0.05, 0) is 43.7 Å². The van der Waals surface area contributed by atoms with Gasteiger partial charge in [-0.25, -0.2) is 9.36 Å². The smallest absolute Gasteiger partial charge is 0.214 e. The van der Waals surface area contributed by atoms with E-state index in [0.29, 0.717) is 0 Å². The number of para-hydroxylation sites is 2. The average Bonchev–Trinajstić information content (AvgIpc) is 3.65. The number of rotatable bonds is 6. The van der Waals surface area contributed by atoms with Gasteiger partial charge in [0.2, 0.25) is 4.80 Å². The second-order valence-corrected chi connectivity index (χ2v) is 11.4. The summed E-state index contributed by atoms with van der Waals surface area (Å²) in [5.74, 6) is 0.747. The first-order valence-corrected chi connectivity index (χ1v) is 15.0. The molecule has 0 saturated carbocycles. The van der Waals surface area contributed by atoms with Gasteiger partial charge in [0, 0.05) is 11.1 Å². The molecular formula is C37H29N5S. The third-order valence-corrected chi connectivity index (χ3v) is 8.27. The standard InChI is InChI=1S/C37H29N5S/c1-26-18-22-29(23-19-26)34-33(28-12-6-3-7-13-28)35(41(39-34)31-14-8-4-9-15-31)38-37-42(32-16-10-5-11-17-32)40-36(43-37)30-24-20-27(2)21-25-30/h3-25H,1-2H3. The van der Waals surface area contributed by atoms with E-state index in [2.05, 4.69) is 111 Å². The predicted molar refractivity (Wildman–Crippen MR) is 176 cm³/mol. The Hall–Kier alpha value is -5.33. The summed E-state index contributed by atoms with van der Waals surface area (Å²) in [5.41, 5.74) is 9.29. The molecule has 0 spiro atoms. The molecule has 0 radical (unpaired) electrons. The molecule has 0 atom stereocenters. The molecule has 0 saturated heterocycles. The van der Waals surface area contributed by atoms with E-state index >= 15 is 0 Å². The summed E-state index contributed by atoms with van der Waals surface area (Å²) in [4.78, 5) is 6.17. The van der Waals surface area contributed by atoms with E-state index in [9.17, 15) is 0 Å². The Balaban J connectivity index is 1.56. The lowest BCUT2D eigenvalue weighted by Crippen LogP contribution is -2.14. The van der Waals surface area contributed by atoms with Crippen LogP contribution in [0.15, 0.2) is 145 Å². The van der Waals surface area contributed by atoms with Crippen molar-refractivity contribution in [3.8, 4) is 44.3 Å². The van der Waals surface area contributed by atoms with E-state index in [1.54, 1.807) is 11.3 Å². The second-order valence-electron chi connectivity index (χ2n) is 10.4. The zero-order valence-corrected chi connectivity index (χ0v) is 24.7. The summed E-state index contributed by atoms with van der Waals surface area (Å²) in [7, 11) is 0. The van der Waals surface area contributed by atoms with Gasteiger partial charge in [0.25, 0.3) is 0 Å². The fourth-order valence-corrected chi connectivity index (χ4v) is 5.95. The highest BCUT2D eigenvalue weighted by atomic mass is 32.1. The lowest BCUT2D eigenvalue weighted by atomic mass is 10.00. The third kappa shape index (κ3) is 5.36. The maximum absolute atomic E-state index is 5.42. The van der Waals surface area contributed by atoms with Crippen molar-refractivity contribution in [1.82, 2.24) is 19.6 Å². The number of hydrogen-bond donors (Lipinski definition) is 0. The molecular weight excluding hydrogens is 547 g/mol. The van der Waals surface area contributed by atoms with Crippen LogP contribution >= 0.6 is 11.3 Å². The Morgan fingerprint density at radius 3 is 1.60 bits per heavy atom. The van der Waals surface area contributed by atoms with E-state index in [1.165, 1.54) is 11.1 Å². The third-order valence-electron chi connectivity index (χ3n) is 7.31. The zero-order valence-electron chi connectivity index (χ0n) is 23.9. The van der Waals surface area contributed by atoms with Crippen LogP contribution in [0.5, 0.6) is 0 Å². The quantitative estimate of drug-likeness (QED) is 0.199. The molecule has 5 aromatic carbocycles. The van der Waals surface area contributed by atoms with Gasteiger partial charge in [0.1, 0.15) is 10.7 Å². The summed E-state index contributed by atoms with van der Waals surface area (Å²) in [5, 5.41) is 11.2. The molecule has 0 bridgehead atoms. The lowest BCUT2D eigenvalue weighted by Gasteiger charge is -2.07. The van der Waals surface area contributed by atoms with E-state index < -0.39 is 0 Å². The molecule has 7 aromatic rings. The van der Waals surface area contributed by atoms with Gasteiger partial charge in [0.05, 0.1) is 16.9 Å². The molecule has 7 rings (SSSR count). The highest BCUT2D eigenvalue weighted by molar-refractivity contribution is 7.12. The van der Waals surface area contributed by atoms with Gasteiger partial charge < -0.3 is 0 Å². The van der Waals surface area contributed by atoms with Gasteiger partial charge in [-0.1, -0.05) is 138 Å². The van der Waals surface area contributed by atoms with Crippen LogP contribution in [0.1, 0.15) is 11.1 Å². The van der Waals surface area contributed by atoms with E-state index in [0.717, 1.165) is 54.9 Å². The summed E-state index contributed by atoms with van der Waals surface area (Å²) in [6.07, 6.45) is 0. The van der Waals surface area contributed by atoms with Crippen molar-refractivity contribution in [3.63, 3.8) is 0 Å². The van der Waals surface area contributed by atoms with Crippen LogP contribution in [0, 0.1) is 13.8 Å². The maximum Gasteiger partial charge on any atom is 0.214 e. The van der Waals surface area contributed by atoms with Crippen LogP contribution in [0.3, 0.4) is 0 Å². The van der Waals surface area contributed by atoms with Crippen LogP contribution in [-0.2, 0) is 0 Å². The fourth-order valence-electron chi connectivity index (χ4n) is 5.04. The number of hydrogen-bond acceptors (Lipinski definition) is 4. The topological polar surface area (TPSA) is 48.0 Å². The fraction of sp³-hybridized carbons (Fsp3) is 0.0541. The van der Waals surface area contributed by atoms with Crippen molar-refractivity contribution < 1.29 is 0 Å². The molecule has 6 heteroatoms. The van der Waals surface area contributed by atoms with Crippen molar-refractivity contribution in [1.29, 1.82) is 0 Å². The molecule has 5 nitrogen and oxygen atoms in total. The van der Waals surface area contributed by atoms with Crippen LogP contribution in [0.2, 0.25) is 0 Å². The average molecular weight is 576 g/mol. The van der Waals surface area contributed by atoms with Crippen molar-refractivity contribution in [2.24, 2.45) is 4.99 Å². The predicted octanol–water partition coefficient (Wildman–Crippen LogP) is 8.97. The van der Waals surface area contributed by atoms with E-state index in [-0.39, 0.29) is 0 Å². The number of benzene rings is 5. The monoisotopic (exact) mass is 575 g/mol. The minimum atomic E-state index is 0.747. The first kappa shape index (κ1) is 26.6. The Kier molecular flexibility index (Phi) is 7.11. The van der Waals surface area contributed by atoms with Crippen molar-refractivity contribution in [2.75, 3.05) is 0 Å². The Bertz CT molecular complexity index is 2050. The molecule has 0 aliphatic rings. The second kappa shape index (κ2) is 11.5. The zero-order chi connectivity index (χ0) is 29.2. The maximum atomic E-state index is 5.42. The summed E-state index contributed by atoms with van der Waals surface area (Å²) >= 11 is 1.57. The Labute approximate surface area is 254 Å². The molecule has 0 aliphatic carbocycles. The van der Waals surface area contributed by atoms with Gasteiger partial charge in [0.15, 0.2) is 5.82 Å². The molecule has 0 aliphatic heterocycles. The van der Waals surface area contributed by atoms with Crippen LogP contribution in [0.25, 0.3) is 44.3 Å². The van der Waals surface area contributed by atoms with Gasteiger partial charge in [-0.3, -0.25) is 0 Å². The first-order valence-electron chi connectivity index (χ1n) is 14.2. The highest BCUT2D eigenvalue weighted by Gasteiger charge is 2.22. The number of aryl methyl sites for hydroxylation is 2. The lowest BCUT2D eigenvalue weighted by molar-refractivity contribution is 0.823. The van der Waals surface area contributed by atoms with Crippen LogP contribution in [-0.4, -0.2) is 19.6 Å². The SMILES string of the molecule is Cc1ccc(-c2nn(-c3ccccc3)c(=Nc3c(-c4ccccc4)c(-c4ccc(C)cc4)nn3-c3ccccc3)s2)cc1. The van der Waals surface area contributed by atoms with Crippen molar-refractivity contribution in [2.45, 2.75) is 13.8 Å². The molecule has 2 heterocycles. The number of aromatic nitrogens is 4. The normalized spacial score (nSPS) is 11.6. The molecule has 208 valence electrons. The van der Waals surface area contributed by atoms with Gasteiger partial charge >= 0.3 is 0 Å². The van der Waals surface area contributed by atoms with Crippen LogP contribution < -0.4 is 4.80 Å². The summed E-state index contributed by atoms with van der Waals surface area (Å²) < 4.78 is 3.89. The minimum absolute atomic E-state index is 0.747. The summed E-state index contributed by atoms with van der Waals surface area (Å²) in [6, 6.07) is 47.8. The largest absolute Gasteiger partial charge is 0.214 e. The van der Waals surface area contributed by atoms with Crippen molar-refractivity contribution in [3.05, 3.63) is 155 Å². The molecule has 43 heavy (non-hydrogen) atoms. The van der Waals surface area contributed by atoms with Crippen LogP contribution in [0.4, 0.5) is 5.82 Å². The molecule has 2 aromatic heterocycles. The van der Waals surface area contributed by atoms with E-state index in [1.807, 2.05) is 51.8 Å². The van der Waals surface area contributed by atoms with E-state index in [4.69, 9.17) is 15.2 Å². The molecule has 0 N–H and O–H groups in total. The van der Waals surface area contributed by atoms with Gasteiger partial charge in [-0.2, -0.15) is 15.2 Å². The Morgan fingerprint density at radius 1 is 0.512 bits per heavy atom. The van der Waals surface area contributed by atoms with Crippen molar-refractivity contribution >= 4 is 17.2 Å². The molecule has 0 fully saturated rings. The molecule has 0 unspecified atom stereocenters. The first-order chi connectivity index (χ1) is 21.1. The summed E-state index contributed by atoms with van der Waals surface area (Å²) in [6.45, 7) is 4.20.